The van der Waals surface area contributed by atoms with Crippen molar-refractivity contribution in [2.45, 2.75) is 18.9 Å². The Labute approximate surface area is 78.2 Å². The van der Waals surface area contributed by atoms with Gasteiger partial charge in [-0.1, -0.05) is 0 Å². The molecule has 1 heterocycles. The van der Waals surface area contributed by atoms with Gasteiger partial charge in [0.05, 0.1) is 13.2 Å². The molecule has 0 spiro atoms. The van der Waals surface area contributed by atoms with Crippen LogP contribution in [0.25, 0.3) is 0 Å². The summed E-state index contributed by atoms with van der Waals surface area (Å²) < 4.78 is 32.4. The first-order valence-corrected chi connectivity index (χ1v) is 5.98. The van der Waals surface area contributed by atoms with E-state index in [9.17, 15) is 8.42 Å². The minimum Gasteiger partial charge on any atom is -0.379 e. The van der Waals surface area contributed by atoms with Crippen LogP contribution in [0.4, 0.5) is 0 Å². The lowest BCUT2D eigenvalue weighted by Gasteiger charge is -2.25. The predicted octanol–water partition coefficient (Wildman–Crippen LogP) is -0.685. The topological polar surface area (TPSA) is 58.6 Å². The summed E-state index contributed by atoms with van der Waals surface area (Å²) in [5, 5.41) is 0. The number of morpholine rings is 1. The molecule has 76 valence electrons. The van der Waals surface area contributed by atoms with Gasteiger partial charge in [0.15, 0.2) is 0 Å². The third kappa shape index (κ3) is 2.40. The van der Waals surface area contributed by atoms with Gasteiger partial charge in [-0.3, -0.25) is 0 Å². The summed E-state index contributed by atoms with van der Waals surface area (Å²) in [4.78, 5) is 0. The van der Waals surface area contributed by atoms with Crippen molar-refractivity contribution in [3.05, 3.63) is 0 Å². The molecule has 0 bridgehead atoms. The maximum atomic E-state index is 11.6. The number of rotatable bonds is 3. The average molecular weight is 206 g/mol. The first-order valence-electron chi connectivity index (χ1n) is 4.54. The van der Waals surface area contributed by atoms with Gasteiger partial charge < -0.3 is 4.74 Å². The molecule has 1 saturated carbocycles. The molecule has 0 amide bonds. The maximum absolute atomic E-state index is 11.6. The molecule has 13 heavy (non-hydrogen) atoms. The van der Waals surface area contributed by atoms with E-state index in [1.54, 1.807) is 0 Å². The number of nitrogens with zero attached hydrogens (tertiary/aromatic N) is 1. The Balaban J connectivity index is 1.95. The predicted molar refractivity (Wildman–Crippen MR) is 47.5 cm³/mol. The SMILES string of the molecule is O=S(=O)(NC1CC1)N1CCOCC1. The molecule has 1 saturated heterocycles. The summed E-state index contributed by atoms with van der Waals surface area (Å²) in [6.07, 6.45) is 1.95. The Kier molecular flexibility index (Phi) is 2.55. The highest BCUT2D eigenvalue weighted by Crippen LogP contribution is 2.20. The van der Waals surface area contributed by atoms with Crippen LogP contribution >= 0.6 is 0 Å². The van der Waals surface area contributed by atoms with Gasteiger partial charge in [0, 0.05) is 19.1 Å². The van der Waals surface area contributed by atoms with Crippen LogP contribution in [0.1, 0.15) is 12.8 Å². The zero-order chi connectivity index (χ0) is 9.31. The number of ether oxygens (including phenoxy) is 1. The summed E-state index contributed by atoms with van der Waals surface area (Å²) in [5.74, 6) is 0. The molecule has 2 rings (SSSR count). The summed E-state index contributed by atoms with van der Waals surface area (Å²) in [6.45, 7) is 1.96. The van der Waals surface area contributed by atoms with Crippen molar-refractivity contribution in [2.75, 3.05) is 26.3 Å². The molecule has 0 unspecified atom stereocenters. The molecule has 0 aromatic rings. The Bertz CT molecular complexity index is 267. The van der Waals surface area contributed by atoms with Crippen molar-refractivity contribution >= 4 is 10.2 Å². The van der Waals surface area contributed by atoms with E-state index in [0.717, 1.165) is 12.8 Å². The minimum atomic E-state index is -3.22. The summed E-state index contributed by atoms with van der Waals surface area (Å²) >= 11 is 0. The molecule has 2 aliphatic rings. The fraction of sp³-hybridized carbons (Fsp3) is 1.00. The smallest absolute Gasteiger partial charge is 0.279 e. The van der Waals surface area contributed by atoms with Gasteiger partial charge in [0.1, 0.15) is 0 Å². The van der Waals surface area contributed by atoms with E-state index >= 15 is 0 Å². The van der Waals surface area contributed by atoms with Gasteiger partial charge in [0.25, 0.3) is 10.2 Å². The van der Waals surface area contributed by atoms with E-state index in [1.165, 1.54) is 4.31 Å². The largest absolute Gasteiger partial charge is 0.379 e. The minimum absolute atomic E-state index is 0.188. The van der Waals surface area contributed by atoms with Gasteiger partial charge in [-0.25, -0.2) is 0 Å². The number of hydrogen-bond acceptors (Lipinski definition) is 3. The first-order chi connectivity index (χ1) is 6.18. The molecule has 6 heteroatoms. The molecular weight excluding hydrogens is 192 g/mol. The maximum Gasteiger partial charge on any atom is 0.279 e. The highest BCUT2D eigenvalue weighted by atomic mass is 32.2. The Morgan fingerprint density at radius 2 is 1.85 bits per heavy atom. The van der Waals surface area contributed by atoms with E-state index in [0.29, 0.717) is 26.3 Å². The molecule has 2 fully saturated rings. The third-order valence-corrected chi connectivity index (χ3v) is 3.88. The van der Waals surface area contributed by atoms with Crippen molar-refractivity contribution in [1.29, 1.82) is 0 Å². The lowest BCUT2D eigenvalue weighted by Crippen LogP contribution is -2.47. The molecule has 0 aromatic heterocycles. The summed E-state index contributed by atoms with van der Waals surface area (Å²) in [7, 11) is -3.22. The van der Waals surface area contributed by atoms with E-state index in [4.69, 9.17) is 4.74 Å². The molecule has 1 aliphatic heterocycles. The standard InChI is InChI=1S/C7H14N2O3S/c10-13(11,8-7-1-2-7)9-3-5-12-6-4-9/h7-8H,1-6H2. The Morgan fingerprint density at radius 3 is 2.38 bits per heavy atom. The van der Waals surface area contributed by atoms with Gasteiger partial charge in [-0.2, -0.15) is 17.4 Å². The highest BCUT2D eigenvalue weighted by Gasteiger charge is 2.31. The Morgan fingerprint density at radius 1 is 1.23 bits per heavy atom. The second-order valence-electron chi connectivity index (χ2n) is 3.41. The van der Waals surface area contributed by atoms with Gasteiger partial charge in [-0.15, -0.1) is 0 Å². The van der Waals surface area contributed by atoms with Gasteiger partial charge in [0.2, 0.25) is 0 Å². The van der Waals surface area contributed by atoms with Crippen LogP contribution in [0, 0.1) is 0 Å². The van der Waals surface area contributed by atoms with Crippen LogP contribution in [-0.4, -0.2) is 45.1 Å². The summed E-state index contributed by atoms with van der Waals surface area (Å²) in [5.41, 5.74) is 0. The zero-order valence-electron chi connectivity index (χ0n) is 7.40. The number of nitrogens with one attached hydrogen (secondary N) is 1. The van der Waals surface area contributed by atoms with Crippen molar-refractivity contribution < 1.29 is 13.2 Å². The van der Waals surface area contributed by atoms with Crippen LogP contribution in [0.5, 0.6) is 0 Å². The molecule has 1 aliphatic carbocycles. The van der Waals surface area contributed by atoms with Crippen LogP contribution in [0.15, 0.2) is 0 Å². The normalized spacial score (nSPS) is 26.2. The average Bonchev–Trinajstić information content (AvgIpc) is 2.89. The fourth-order valence-electron chi connectivity index (χ4n) is 1.27. The van der Waals surface area contributed by atoms with Crippen LogP contribution in [-0.2, 0) is 14.9 Å². The van der Waals surface area contributed by atoms with Crippen LogP contribution in [0.3, 0.4) is 0 Å². The second kappa shape index (κ2) is 3.53. The highest BCUT2D eigenvalue weighted by molar-refractivity contribution is 7.87. The van der Waals surface area contributed by atoms with Gasteiger partial charge >= 0.3 is 0 Å². The lowest BCUT2D eigenvalue weighted by molar-refractivity contribution is 0.0724. The van der Waals surface area contributed by atoms with E-state index < -0.39 is 10.2 Å². The molecule has 5 nitrogen and oxygen atoms in total. The monoisotopic (exact) mass is 206 g/mol. The van der Waals surface area contributed by atoms with Crippen molar-refractivity contribution in [1.82, 2.24) is 9.03 Å². The van der Waals surface area contributed by atoms with Gasteiger partial charge in [-0.05, 0) is 12.8 Å². The molecule has 0 atom stereocenters. The molecular formula is C7H14N2O3S. The molecule has 1 N–H and O–H groups in total. The first kappa shape index (κ1) is 9.39. The fourth-order valence-corrected chi connectivity index (χ4v) is 2.71. The van der Waals surface area contributed by atoms with Crippen LogP contribution < -0.4 is 4.72 Å². The quantitative estimate of drug-likeness (QED) is 0.665. The van der Waals surface area contributed by atoms with Crippen LogP contribution in [0.2, 0.25) is 0 Å². The molecule has 0 radical (unpaired) electrons. The van der Waals surface area contributed by atoms with Crippen molar-refractivity contribution in [2.24, 2.45) is 0 Å². The summed E-state index contributed by atoms with van der Waals surface area (Å²) in [6, 6.07) is 0.188. The lowest BCUT2D eigenvalue weighted by atomic mass is 10.5. The van der Waals surface area contributed by atoms with E-state index in [1.807, 2.05) is 0 Å². The zero-order valence-corrected chi connectivity index (χ0v) is 8.22. The van der Waals surface area contributed by atoms with Crippen molar-refractivity contribution in [3.8, 4) is 0 Å². The Hall–Kier alpha value is -0.170. The molecule has 0 aromatic carbocycles. The van der Waals surface area contributed by atoms with Crippen molar-refractivity contribution in [3.63, 3.8) is 0 Å². The second-order valence-corrected chi connectivity index (χ2v) is 5.11. The van der Waals surface area contributed by atoms with E-state index in [-0.39, 0.29) is 6.04 Å². The third-order valence-electron chi connectivity index (χ3n) is 2.20. The number of hydrogen-bond donors (Lipinski definition) is 1. The van der Waals surface area contributed by atoms with E-state index in [2.05, 4.69) is 4.72 Å².